The molecule has 0 aromatic heterocycles. The highest BCUT2D eigenvalue weighted by molar-refractivity contribution is 6.36. The minimum Gasteiger partial charge on any atom is -0.454 e. The third kappa shape index (κ3) is 6.87. The number of aryl methyl sites for hydroxylation is 1. The lowest BCUT2D eigenvalue weighted by Crippen LogP contribution is -2.52. The molecule has 1 fully saturated rings. The van der Waals surface area contributed by atoms with Crippen molar-refractivity contribution in [2.75, 3.05) is 6.79 Å². The summed E-state index contributed by atoms with van der Waals surface area (Å²) in [5.41, 5.74) is 2.56. The first-order chi connectivity index (χ1) is 19.0. The summed E-state index contributed by atoms with van der Waals surface area (Å²) in [4.78, 5) is 29.4. The quantitative estimate of drug-likeness (QED) is 0.310. The number of fused-ring (bicyclic) bond motifs is 1. The van der Waals surface area contributed by atoms with Crippen LogP contribution in [0.3, 0.4) is 0 Å². The Morgan fingerprint density at radius 2 is 1.62 bits per heavy atom. The Kier molecular flexibility index (Phi) is 8.95. The molecular formula is C31H32Cl2N2O4. The molecule has 2 aliphatic rings. The number of carbonyl (C=O) groups is 2. The Morgan fingerprint density at radius 1 is 0.897 bits per heavy atom. The molecule has 8 heteroatoms. The number of amides is 2. The van der Waals surface area contributed by atoms with Crippen LogP contribution < -0.4 is 14.8 Å². The van der Waals surface area contributed by atoms with Crippen LogP contribution in [0.1, 0.15) is 48.8 Å². The smallest absolute Gasteiger partial charge is 0.243 e. The van der Waals surface area contributed by atoms with Crippen LogP contribution in [0.5, 0.6) is 11.5 Å². The van der Waals surface area contributed by atoms with Gasteiger partial charge in [-0.2, -0.15) is 0 Å². The fourth-order valence-corrected chi connectivity index (χ4v) is 5.78. The molecule has 2 amide bonds. The van der Waals surface area contributed by atoms with Crippen LogP contribution in [0.25, 0.3) is 0 Å². The van der Waals surface area contributed by atoms with E-state index in [1.165, 1.54) is 0 Å². The van der Waals surface area contributed by atoms with Crippen molar-refractivity contribution in [2.45, 2.75) is 63.6 Å². The summed E-state index contributed by atoms with van der Waals surface area (Å²) in [6.07, 6.45) is 5.20. The lowest BCUT2D eigenvalue weighted by atomic mass is 10.0. The number of benzene rings is 3. The van der Waals surface area contributed by atoms with Gasteiger partial charge in [0.05, 0.1) is 0 Å². The molecule has 0 saturated heterocycles. The van der Waals surface area contributed by atoms with Crippen molar-refractivity contribution < 1.29 is 19.1 Å². The van der Waals surface area contributed by atoms with Crippen LogP contribution in [0.15, 0.2) is 66.7 Å². The highest BCUT2D eigenvalue weighted by Gasteiger charge is 2.33. The summed E-state index contributed by atoms with van der Waals surface area (Å²) in [6.45, 7) is 0.329. The molecule has 1 heterocycles. The van der Waals surface area contributed by atoms with Crippen molar-refractivity contribution in [1.29, 1.82) is 0 Å². The van der Waals surface area contributed by atoms with E-state index in [-0.39, 0.29) is 37.6 Å². The van der Waals surface area contributed by atoms with Crippen molar-refractivity contribution in [3.8, 4) is 11.5 Å². The summed E-state index contributed by atoms with van der Waals surface area (Å²) >= 11 is 13.1. The summed E-state index contributed by atoms with van der Waals surface area (Å²) in [6, 6.07) is 20.2. The zero-order valence-corrected chi connectivity index (χ0v) is 23.2. The third-order valence-corrected chi connectivity index (χ3v) is 8.14. The fraction of sp³-hybridized carbons (Fsp3) is 0.355. The number of ether oxygens (including phenoxy) is 2. The standard InChI is InChI=1S/C31H32Cl2N2O4/c32-25-11-6-12-26(33)24(25)19-35(30(36)16-14-22-13-15-28-29(18-22)39-20-38-28)27(17-21-7-2-1-3-8-21)31(37)34-23-9-4-5-10-23/h1-3,6-8,11-13,15,18,23,27H,4-5,9-10,14,16-17,19-20H2,(H,34,37). The van der Waals surface area contributed by atoms with Crippen molar-refractivity contribution >= 4 is 35.0 Å². The largest absolute Gasteiger partial charge is 0.454 e. The predicted octanol–water partition coefficient (Wildman–Crippen LogP) is 6.35. The molecule has 1 saturated carbocycles. The molecule has 3 aromatic rings. The van der Waals surface area contributed by atoms with E-state index in [0.29, 0.717) is 39.9 Å². The molecule has 1 aliphatic carbocycles. The van der Waals surface area contributed by atoms with Crippen molar-refractivity contribution in [2.24, 2.45) is 0 Å². The van der Waals surface area contributed by atoms with E-state index in [0.717, 1.165) is 36.8 Å². The van der Waals surface area contributed by atoms with Crippen LogP contribution in [0, 0.1) is 0 Å². The highest BCUT2D eigenvalue weighted by atomic mass is 35.5. The topological polar surface area (TPSA) is 67.9 Å². The number of carbonyl (C=O) groups excluding carboxylic acids is 2. The van der Waals surface area contributed by atoms with Crippen molar-refractivity contribution in [3.63, 3.8) is 0 Å². The van der Waals surface area contributed by atoms with Crippen LogP contribution in [-0.4, -0.2) is 35.6 Å². The number of hydrogen-bond donors (Lipinski definition) is 1. The molecule has 1 unspecified atom stereocenters. The van der Waals surface area contributed by atoms with Gasteiger partial charge in [-0.15, -0.1) is 0 Å². The Bertz CT molecular complexity index is 1290. The van der Waals surface area contributed by atoms with Crippen LogP contribution in [-0.2, 0) is 29.0 Å². The summed E-state index contributed by atoms with van der Waals surface area (Å²) in [7, 11) is 0. The monoisotopic (exact) mass is 566 g/mol. The highest BCUT2D eigenvalue weighted by Crippen LogP contribution is 2.33. The first-order valence-corrected chi connectivity index (χ1v) is 14.2. The van der Waals surface area contributed by atoms with Gasteiger partial charge in [0, 0.05) is 41.0 Å². The van der Waals surface area contributed by atoms with E-state index in [4.69, 9.17) is 32.7 Å². The van der Waals surface area contributed by atoms with E-state index in [9.17, 15) is 9.59 Å². The van der Waals surface area contributed by atoms with Gasteiger partial charge in [0.1, 0.15) is 6.04 Å². The van der Waals surface area contributed by atoms with Gasteiger partial charge >= 0.3 is 0 Å². The van der Waals surface area contributed by atoms with Crippen molar-refractivity contribution in [3.05, 3.63) is 93.5 Å². The average Bonchev–Trinajstić information content (AvgIpc) is 3.63. The van der Waals surface area contributed by atoms with Crippen LogP contribution in [0.4, 0.5) is 0 Å². The molecule has 0 radical (unpaired) electrons. The number of hydrogen-bond acceptors (Lipinski definition) is 4. The minimum absolute atomic E-state index is 0.130. The Labute approximate surface area is 239 Å². The van der Waals surface area contributed by atoms with Crippen LogP contribution >= 0.6 is 23.2 Å². The number of nitrogens with one attached hydrogen (secondary N) is 1. The summed E-state index contributed by atoms with van der Waals surface area (Å²) in [5, 5.41) is 4.15. The lowest BCUT2D eigenvalue weighted by Gasteiger charge is -2.33. The van der Waals surface area contributed by atoms with Gasteiger partial charge in [-0.25, -0.2) is 0 Å². The molecule has 39 heavy (non-hydrogen) atoms. The van der Waals surface area contributed by atoms with Gasteiger partial charge in [-0.3, -0.25) is 9.59 Å². The van der Waals surface area contributed by atoms with E-state index < -0.39 is 6.04 Å². The SMILES string of the molecule is O=C(NC1CCCC1)C(Cc1ccccc1)N(Cc1c(Cl)cccc1Cl)C(=O)CCc1ccc2c(c1)OCO2. The maximum atomic E-state index is 14.0. The number of rotatable bonds is 10. The Hall–Kier alpha value is -3.22. The summed E-state index contributed by atoms with van der Waals surface area (Å²) in [5.74, 6) is 1.08. The maximum absolute atomic E-state index is 14.0. The molecule has 1 aliphatic heterocycles. The zero-order valence-electron chi connectivity index (χ0n) is 21.7. The first kappa shape index (κ1) is 27.4. The molecule has 1 atom stereocenters. The van der Waals surface area contributed by atoms with Gasteiger partial charge in [0.15, 0.2) is 11.5 Å². The molecule has 204 valence electrons. The van der Waals surface area contributed by atoms with Gasteiger partial charge in [-0.1, -0.05) is 78.5 Å². The van der Waals surface area contributed by atoms with E-state index >= 15 is 0 Å². The summed E-state index contributed by atoms with van der Waals surface area (Å²) < 4.78 is 10.9. The first-order valence-electron chi connectivity index (χ1n) is 13.4. The van der Waals surface area contributed by atoms with Gasteiger partial charge in [0.25, 0.3) is 0 Å². The second-order valence-electron chi connectivity index (χ2n) is 10.1. The third-order valence-electron chi connectivity index (χ3n) is 7.43. The van der Waals surface area contributed by atoms with Gasteiger partial charge in [-0.05, 0) is 54.7 Å². The minimum atomic E-state index is -0.718. The van der Waals surface area contributed by atoms with E-state index in [2.05, 4.69) is 5.32 Å². The molecule has 5 rings (SSSR count). The van der Waals surface area contributed by atoms with Gasteiger partial charge < -0.3 is 19.7 Å². The second-order valence-corrected chi connectivity index (χ2v) is 10.9. The predicted molar refractivity (Wildman–Crippen MR) is 152 cm³/mol. The van der Waals surface area contributed by atoms with E-state index in [1.807, 2.05) is 48.5 Å². The average molecular weight is 568 g/mol. The Balaban J connectivity index is 1.43. The molecular weight excluding hydrogens is 535 g/mol. The number of nitrogens with zero attached hydrogens (tertiary/aromatic N) is 1. The normalized spacial score (nSPS) is 15.2. The zero-order chi connectivity index (χ0) is 27.2. The second kappa shape index (κ2) is 12.8. The maximum Gasteiger partial charge on any atom is 0.243 e. The lowest BCUT2D eigenvalue weighted by molar-refractivity contribution is -0.141. The van der Waals surface area contributed by atoms with E-state index in [1.54, 1.807) is 23.1 Å². The van der Waals surface area contributed by atoms with Gasteiger partial charge in [0.2, 0.25) is 18.6 Å². The molecule has 6 nitrogen and oxygen atoms in total. The Morgan fingerprint density at radius 3 is 2.36 bits per heavy atom. The van der Waals surface area contributed by atoms with Crippen molar-refractivity contribution in [1.82, 2.24) is 10.2 Å². The fourth-order valence-electron chi connectivity index (χ4n) is 5.27. The number of halogens is 2. The molecule has 0 spiro atoms. The molecule has 0 bridgehead atoms. The molecule has 3 aromatic carbocycles. The van der Waals surface area contributed by atoms with Crippen LogP contribution in [0.2, 0.25) is 10.0 Å². The molecule has 1 N–H and O–H groups in total.